The summed E-state index contributed by atoms with van der Waals surface area (Å²) in [5.74, 6) is 0. The molecule has 0 amide bonds. The maximum atomic E-state index is 12.6. The van der Waals surface area contributed by atoms with Crippen molar-refractivity contribution in [3.63, 3.8) is 0 Å². The van der Waals surface area contributed by atoms with Gasteiger partial charge in [0.25, 0.3) is 0 Å². The number of piperidine rings is 1. The van der Waals surface area contributed by atoms with Gasteiger partial charge in [0, 0.05) is 17.6 Å². The van der Waals surface area contributed by atoms with Crippen molar-refractivity contribution in [1.82, 2.24) is 9.21 Å². The van der Waals surface area contributed by atoms with Crippen molar-refractivity contribution in [1.29, 1.82) is 0 Å². The Balaban J connectivity index is 2.05. The number of likely N-dealkylation sites (tertiary alicyclic amines) is 1. The molecule has 0 aromatic heterocycles. The number of sulfonamides is 1. The van der Waals surface area contributed by atoms with E-state index in [1.807, 2.05) is 0 Å². The molecule has 118 valence electrons. The monoisotopic (exact) mass is 374 g/mol. The van der Waals surface area contributed by atoms with Crippen LogP contribution in [-0.2, 0) is 10.0 Å². The summed E-state index contributed by atoms with van der Waals surface area (Å²) in [7, 11) is -1.69. The summed E-state index contributed by atoms with van der Waals surface area (Å²) in [5, 5.41) is 0. The van der Waals surface area contributed by atoms with Crippen molar-refractivity contribution < 1.29 is 8.42 Å². The van der Waals surface area contributed by atoms with Gasteiger partial charge in [-0.25, -0.2) is 8.42 Å². The van der Waals surface area contributed by atoms with E-state index in [1.165, 1.54) is 0 Å². The second-order valence-corrected chi connectivity index (χ2v) is 8.46. The first kappa shape index (κ1) is 16.9. The van der Waals surface area contributed by atoms with Crippen molar-refractivity contribution in [2.45, 2.75) is 37.1 Å². The van der Waals surface area contributed by atoms with Crippen molar-refractivity contribution >= 4 is 26.0 Å². The molecule has 1 heterocycles. The van der Waals surface area contributed by atoms with Crippen LogP contribution in [0.5, 0.6) is 0 Å². The molecule has 21 heavy (non-hydrogen) atoms. The second-order valence-electron chi connectivity index (χ2n) is 5.55. The van der Waals surface area contributed by atoms with Gasteiger partial charge in [-0.3, -0.25) is 0 Å². The highest BCUT2D eigenvalue weighted by Gasteiger charge is 2.30. The zero-order chi connectivity index (χ0) is 15.5. The molecule has 2 rings (SSSR count). The highest BCUT2D eigenvalue weighted by atomic mass is 79.9. The molecule has 1 saturated heterocycles. The first-order valence-corrected chi connectivity index (χ1v) is 9.64. The Kier molecular flexibility index (Phi) is 5.82. The fourth-order valence-electron chi connectivity index (χ4n) is 2.79. The molecule has 0 atom stereocenters. The smallest absolute Gasteiger partial charge is 0.243 e. The molecule has 0 bridgehead atoms. The molecule has 4 nitrogen and oxygen atoms in total. The van der Waals surface area contributed by atoms with Crippen LogP contribution in [0.25, 0.3) is 0 Å². The maximum absolute atomic E-state index is 12.6. The number of rotatable bonds is 5. The molecule has 1 aliphatic heterocycles. The third-order valence-electron chi connectivity index (χ3n) is 4.10. The predicted octanol–water partition coefficient (Wildman–Crippen LogP) is 2.94. The van der Waals surface area contributed by atoms with Crippen LogP contribution in [0, 0.1) is 0 Å². The standard InChI is InChI=1S/C15H23BrN2O2S/c1-3-10-18-11-8-14(9-12-18)17(2)21(19,20)15-6-4-13(16)5-7-15/h4-7,14H,3,8-12H2,1-2H3. The van der Waals surface area contributed by atoms with Crippen LogP contribution < -0.4 is 0 Å². The van der Waals surface area contributed by atoms with E-state index in [0.29, 0.717) is 4.90 Å². The molecule has 0 saturated carbocycles. The molecule has 6 heteroatoms. The lowest BCUT2D eigenvalue weighted by molar-refractivity contribution is 0.170. The van der Waals surface area contributed by atoms with Gasteiger partial charge in [0.2, 0.25) is 10.0 Å². The average molecular weight is 375 g/mol. The zero-order valence-corrected chi connectivity index (χ0v) is 15.0. The minimum atomic E-state index is -3.39. The third kappa shape index (κ3) is 4.06. The lowest BCUT2D eigenvalue weighted by Gasteiger charge is -2.36. The predicted molar refractivity (Wildman–Crippen MR) is 88.8 cm³/mol. The van der Waals surface area contributed by atoms with Gasteiger partial charge in [0.1, 0.15) is 0 Å². The van der Waals surface area contributed by atoms with Crippen LogP contribution >= 0.6 is 15.9 Å². The number of nitrogens with zero attached hydrogens (tertiary/aromatic N) is 2. The highest BCUT2D eigenvalue weighted by molar-refractivity contribution is 9.10. The quantitative estimate of drug-likeness (QED) is 0.795. The van der Waals surface area contributed by atoms with Crippen molar-refractivity contribution in [2.75, 3.05) is 26.7 Å². The number of hydrogen-bond donors (Lipinski definition) is 0. The lowest BCUT2D eigenvalue weighted by atomic mass is 10.1. The van der Waals surface area contributed by atoms with Crippen LogP contribution in [0.4, 0.5) is 0 Å². The van der Waals surface area contributed by atoms with E-state index in [4.69, 9.17) is 0 Å². The third-order valence-corrected chi connectivity index (χ3v) is 6.55. The largest absolute Gasteiger partial charge is 0.303 e. The number of halogens is 1. The van der Waals surface area contributed by atoms with Gasteiger partial charge in [-0.15, -0.1) is 0 Å². The van der Waals surface area contributed by atoms with Gasteiger partial charge in [-0.05, 0) is 63.2 Å². The van der Waals surface area contributed by atoms with Crippen molar-refractivity contribution in [3.8, 4) is 0 Å². The molecule has 0 aliphatic carbocycles. The number of benzene rings is 1. The Morgan fingerprint density at radius 3 is 2.33 bits per heavy atom. The zero-order valence-electron chi connectivity index (χ0n) is 12.6. The van der Waals surface area contributed by atoms with Crippen LogP contribution in [-0.4, -0.2) is 50.3 Å². The first-order valence-electron chi connectivity index (χ1n) is 7.41. The first-order chi connectivity index (χ1) is 9.95. The normalized spacial score (nSPS) is 18.3. The van der Waals surface area contributed by atoms with Crippen LogP contribution in [0.1, 0.15) is 26.2 Å². The lowest BCUT2D eigenvalue weighted by Crippen LogP contribution is -2.45. The molecule has 1 aromatic carbocycles. The van der Waals surface area contributed by atoms with E-state index in [2.05, 4.69) is 27.8 Å². The molecule has 1 fully saturated rings. The molecule has 0 radical (unpaired) electrons. The maximum Gasteiger partial charge on any atom is 0.243 e. The summed E-state index contributed by atoms with van der Waals surface area (Å²) < 4.78 is 27.7. The van der Waals surface area contributed by atoms with E-state index in [0.717, 1.165) is 43.4 Å². The van der Waals surface area contributed by atoms with Gasteiger partial charge in [0.15, 0.2) is 0 Å². The van der Waals surface area contributed by atoms with Gasteiger partial charge in [0.05, 0.1) is 4.90 Å². The fraction of sp³-hybridized carbons (Fsp3) is 0.600. The van der Waals surface area contributed by atoms with Gasteiger partial charge in [-0.2, -0.15) is 4.31 Å². The Bertz CT molecular complexity index is 552. The molecule has 1 aromatic rings. The minimum Gasteiger partial charge on any atom is -0.303 e. The van der Waals surface area contributed by atoms with Crippen LogP contribution in [0.3, 0.4) is 0 Å². The summed E-state index contributed by atoms with van der Waals surface area (Å²) in [6.45, 7) is 5.25. The van der Waals surface area contributed by atoms with E-state index in [9.17, 15) is 8.42 Å². The Morgan fingerprint density at radius 1 is 1.24 bits per heavy atom. The second kappa shape index (κ2) is 7.22. The molecule has 0 unspecified atom stereocenters. The van der Waals surface area contributed by atoms with E-state index >= 15 is 0 Å². The summed E-state index contributed by atoms with van der Waals surface area (Å²) >= 11 is 3.33. The average Bonchev–Trinajstić information content (AvgIpc) is 2.48. The Hall–Kier alpha value is -0.430. The minimum absolute atomic E-state index is 0.103. The molecular formula is C15H23BrN2O2S. The molecular weight excluding hydrogens is 352 g/mol. The topological polar surface area (TPSA) is 40.6 Å². The summed E-state index contributed by atoms with van der Waals surface area (Å²) in [5.41, 5.74) is 0. The van der Waals surface area contributed by atoms with Crippen molar-refractivity contribution in [3.05, 3.63) is 28.7 Å². The molecule has 0 N–H and O–H groups in total. The Labute approximate surface area is 136 Å². The number of hydrogen-bond acceptors (Lipinski definition) is 3. The molecule has 0 spiro atoms. The molecule has 1 aliphatic rings. The van der Waals surface area contributed by atoms with Gasteiger partial charge in [-0.1, -0.05) is 22.9 Å². The van der Waals surface area contributed by atoms with Gasteiger partial charge >= 0.3 is 0 Å². The summed E-state index contributed by atoms with van der Waals surface area (Å²) in [6, 6.07) is 6.95. The van der Waals surface area contributed by atoms with Crippen LogP contribution in [0.2, 0.25) is 0 Å². The van der Waals surface area contributed by atoms with E-state index in [1.54, 1.807) is 35.6 Å². The van der Waals surface area contributed by atoms with Crippen LogP contribution in [0.15, 0.2) is 33.6 Å². The summed E-state index contributed by atoms with van der Waals surface area (Å²) in [4.78, 5) is 2.78. The Morgan fingerprint density at radius 2 is 1.81 bits per heavy atom. The van der Waals surface area contributed by atoms with Crippen molar-refractivity contribution in [2.24, 2.45) is 0 Å². The van der Waals surface area contributed by atoms with E-state index in [-0.39, 0.29) is 6.04 Å². The fourth-order valence-corrected chi connectivity index (χ4v) is 4.47. The van der Waals surface area contributed by atoms with Gasteiger partial charge < -0.3 is 4.90 Å². The SMILES string of the molecule is CCCN1CCC(N(C)S(=O)(=O)c2ccc(Br)cc2)CC1. The highest BCUT2D eigenvalue weighted by Crippen LogP contribution is 2.23. The summed E-state index contributed by atoms with van der Waals surface area (Å²) in [6.07, 6.45) is 2.97. The van der Waals surface area contributed by atoms with E-state index < -0.39 is 10.0 Å².